The van der Waals surface area contributed by atoms with Crippen LogP contribution in [0.1, 0.15) is 10.4 Å². The van der Waals surface area contributed by atoms with Gasteiger partial charge < -0.3 is 10.7 Å². The Kier molecular flexibility index (Phi) is 4.00. The van der Waals surface area contributed by atoms with Crippen LogP contribution in [-0.4, -0.2) is 10.9 Å². The van der Waals surface area contributed by atoms with Crippen molar-refractivity contribution in [2.75, 3.05) is 0 Å². The molecule has 1 amide bonds. The molecule has 0 radical (unpaired) electrons. The predicted molar refractivity (Wildman–Crippen MR) is 91.5 cm³/mol. The zero-order chi connectivity index (χ0) is 16.4. The minimum Gasteiger partial charge on any atom is -0.365 e. The molecule has 0 aliphatic rings. The lowest BCUT2D eigenvalue weighted by molar-refractivity contribution is 0.0999. The lowest BCUT2D eigenvalue weighted by Gasteiger charge is -2.10. The molecule has 3 aromatic rings. The predicted octanol–water partition coefficient (Wildman–Crippen LogP) is 3.46. The number of nitrogens with one attached hydrogen (secondary N) is 1. The third kappa shape index (κ3) is 3.03. The fourth-order valence-electron chi connectivity index (χ4n) is 2.43. The van der Waals surface area contributed by atoms with E-state index >= 15 is 0 Å². The normalized spacial score (nSPS) is 10.5. The van der Waals surface area contributed by atoms with Crippen LogP contribution in [0, 0.1) is 0 Å². The van der Waals surface area contributed by atoms with Crippen LogP contribution in [0.4, 0.5) is 0 Å². The molecule has 0 bridgehead atoms. The number of hydrogen-bond acceptors (Lipinski definition) is 2. The molecule has 0 unspecified atom stereocenters. The van der Waals surface area contributed by atoms with E-state index in [1.54, 1.807) is 30.3 Å². The molecular formula is C18H13ClN2O2. The molecule has 0 saturated heterocycles. The second-order valence-corrected chi connectivity index (χ2v) is 5.47. The summed E-state index contributed by atoms with van der Waals surface area (Å²) in [5, 5.41) is 0.572. The van der Waals surface area contributed by atoms with Crippen molar-refractivity contribution in [2.24, 2.45) is 5.73 Å². The largest absolute Gasteiger partial charge is 0.365 e. The molecule has 3 N–H and O–H groups in total. The minimum absolute atomic E-state index is 0.0630. The molecule has 1 aromatic heterocycles. The van der Waals surface area contributed by atoms with Gasteiger partial charge in [-0.3, -0.25) is 9.59 Å². The number of amides is 1. The highest BCUT2D eigenvalue weighted by molar-refractivity contribution is 6.30. The zero-order valence-corrected chi connectivity index (χ0v) is 12.8. The summed E-state index contributed by atoms with van der Waals surface area (Å²) >= 11 is 5.90. The Labute approximate surface area is 137 Å². The zero-order valence-electron chi connectivity index (χ0n) is 12.0. The Morgan fingerprint density at radius 1 is 0.957 bits per heavy atom. The van der Waals surface area contributed by atoms with E-state index in [2.05, 4.69) is 4.98 Å². The Morgan fingerprint density at radius 3 is 2.22 bits per heavy atom. The Bertz CT molecular complexity index is 916. The van der Waals surface area contributed by atoms with Crippen LogP contribution in [0.3, 0.4) is 0 Å². The van der Waals surface area contributed by atoms with Crippen molar-refractivity contribution >= 4 is 17.5 Å². The van der Waals surface area contributed by atoms with E-state index < -0.39 is 11.5 Å². The van der Waals surface area contributed by atoms with Gasteiger partial charge in [0.05, 0.1) is 0 Å². The van der Waals surface area contributed by atoms with Crippen molar-refractivity contribution in [3.63, 3.8) is 0 Å². The molecule has 4 nitrogen and oxygen atoms in total. The molecule has 5 heteroatoms. The van der Waals surface area contributed by atoms with Gasteiger partial charge in [-0.05, 0) is 29.3 Å². The van der Waals surface area contributed by atoms with Crippen molar-refractivity contribution in [1.82, 2.24) is 4.98 Å². The van der Waals surface area contributed by atoms with Crippen molar-refractivity contribution in [1.29, 1.82) is 0 Å². The van der Waals surface area contributed by atoms with E-state index in [0.717, 1.165) is 5.56 Å². The number of H-pyrrole nitrogens is 1. The van der Waals surface area contributed by atoms with Gasteiger partial charge in [-0.1, -0.05) is 54.1 Å². The SMILES string of the molecule is NC(=O)c1c(-c2ccc(Cl)cc2)cc(-c2ccccc2)[nH]c1=O. The number of benzene rings is 2. The van der Waals surface area contributed by atoms with E-state index in [1.165, 1.54) is 0 Å². The highest BCUT2D eigenvalue weighted by Crippen LogP contribution is 2.27. The first-order valence-electron chi connectivity index (χ1n) is 6.95. The van der Waals surface area contributed by atoms with E-state index in [9.17, 15) is 9.59 Å². The average Bonchev–Trinajstić information content (AvgIpc) is 2.55. The summed E-state index contributed by atoms with van der Waals surface area (Å²) in [6, 6.07) is 18.0. The molecule has 23 heavy (non-hydrogen) atoms. The molecule has 0 aliphatic carbocycles. The van der Waals surface area contributed by atoms with Crippen molar-refractivity contribution in [3.8, 4) is 22.4 Å². The highest BCUT2D eigenvalue weighted by Gasteiger charge is 2.16. The summed E-state index contributed by atoms with van der Waals surface area (Å²) in [6.07, 6.45) is 0. The van der Waals surface area contributed by atoms with Crippen molar-refractivity contribution in [2.45, 2.75) is 0 Å². The van der Waals surface area contributed by atoms with E-state index in [1.807, 2.05) is 30.3 Å². The number of carbonyl (C=O) groups excluding carboxylic acids is 1. The maximum Gasteiger partial charge on any atom is 0.261 e. The lowest BCUT2D eigenvalue weighted by Crippen LogP contribution is -2.25. The highest BCUT2D eigenvalue weighted by atomic mass is 35.5. The first-order valence-corrected chi connectivity index (χ1v) is 7.32. The second kappa shape index (κ2) is 6.10. The monoisotopic (exact) mass is 324 g/mol. The van der Waals surface area contributed by atoms with Crippen LogP contribution in [0.15, 0.2) is 65.5 Å². The lowest BCUT2D eigenvalue weighted by atomic mass is 9.98. The Balaban J connectivity index is 2.27. The molecule has 114 valence electrons. The van der Waals surface area contributed by atoms with Gasteiger partial charge in [0.15, 0.2) is 0 Å². The molecule has 0 fully saturated rings. The fraction of sp³-hybridized carbons (Fsp3) is 0. The number of rotatable bonds is 3. The Hall–Kier alpha value is -2.85. The third-order valence-electron chi connectivity index (χ3n) is 3.52. The van der Waals surface area contributed by atoms with E-state index in [-0.39, 0.29) is 5.56 Å². The van der Waals surface area contributed by atoms with Crippen LogP contribution in [0.2, 0.25) is 5.02 Å². The molecule has 0 aliphatic heterocycles. The van der Waals surface area contributed by atoms with Gasteiger partial charge in [-0.2, -0.15) is 0 Å². The van der Waals surface area contributed by atoms with Gasteiger partial charge in [0, 0.05) is 16.3 Å². The third-order valence-corrected chi connectivity index (χ3v) is 3.77. The minimum atomic E-state index is -0.768. The van der Waals surface area contributed by atoms with Crippen LogP contribution >= 0.6 is 11.6 Å². The molecule has 0 spiro atoms. The van der Waals surface area contributed by atoms with Gasteiger partial charge >= 0.3 is 0 Å². The molecule has 2 aromatic carbocycles. The summed E-state index contributed by atoms with van der Waals surface area (Å²) < 4.78 is 0. The maximum atomic E-state index is 12.3. The van der Waals surface area contributed by atoms with Gasteiger partial charge in [-0.25, -0.2) is 0 Å². The summed E-state index contributed by atoms with van der Waals surface area (Å²) in [7, 11) is 0. The molecule has 1 heterocycles. The first-order chi connectivity index (χ1) is 11.1. The summed E-state index contributed by atoms with van der Waals surface area (Å²) in [5.41, 5.74) is 7.46. The number of aromatic amines is 1. The van der Waals surface area contributed by atoms with Gasteiger partial charge in [0.25, 0.3) is 11.5 Å². The number of aromatic nitrogens is 1. The van der Waals surface area contributed by atoms with E-state index in [4.69, 9.17) is 17.3 Å². The molecular weight excluding hydrogens is 312 g/mol. The second-order valence-electron chi connectivity index (χ2n) is 5.04. The molecule has 3 rings (SSSR count). The number of primary amides is 1. The number of nitrogens with two attached hydrogens (primary N) is 1. The van der Waals surface area contributed by atoms with E-state index in [0.29, 0.717) is 21.8 Å². The summed E-state index contributed by atoms with van der Waals surface area (Å²) in [4.78, 5) is 26.8. The standard InChI is InChI=1S/C18H13ClN2O2/c19-13-8-6-11(7-9-13)14-10-15(12-4-2-1-3-5-12)21-18(23)16(14)17(20)22/h1-10H,(H2,20,22)(H,21,23). The number of carbonyl (C=O) groups is 1. The van der Waals surface area contributed by atoms with Crippen LogP contribution in [0.5, 0.6) is 0 Å². The molecule has 0 atom stereocenters. The summed E-state index contributed by atoms with van der Waals surface area (Å²) in [5.74, 6) is -0.768. The van der Waals surface area contributed by atoms with Crippen LogP contribution < -0.4 is 11.3 Å². The number of hydrogen-bond donors (Lipinski definition) is 2. The summed E-state index contributed by atoms with van der Waals surface area (Å²) in [6.45, 7) is 0. The van der Waals surface area contributed by atoms with Gasteiger partial charge in [0.2, 0.25) is 0 Å². The first kappa shape index (κ1) is 15.1. The smallest absolute Gasteiger partial charge is 0.261 e. The van der Waals surface area contributed by atoms with Crippen molar-refractivity contribution in [3.05, 3.63) is 81.6 Å². The number of halogens is 1. The fourth-order valence-corrected chi connectivity index (χ4v) is 2.56. The van der Waals surface area contributed by atoms with Crippen LogP contribution in [-0.2, 0) is 0 Å². The van der Waals surface area contributed by atoms with Crippen LogP contribution in [0.25, 0.3) is 22.4 Å². The average molecular weight is 325 g/mol. The topological polar surface area (TPSA) is 76.0 Å². The maximum absolute atomic E-state index is 12.3. The number of pyridine rings is 1. The van der Waals surface area contributed by atoms with Gasteiger partial charge in [0.1, 0.15) is 5.56 Å². The molecule has 0 saturated carbocycles. The van der Waals surface area contributed by atoms with Crippen molar-refractivity contribution < 1.29 is 4.79 Å². The Morgan fingerprint density at radius 2 is 1.61 bits per heavy atom. The van der Waals surface area contributed by atoms with Gasteiger partial charge in [-0.15, -0.1) is 0 Å². The quantitative estimate of drug-likeness (QED) is 0.774.